The molecule has 25 heavy (non-hydrogen) atoms. The summed E-state index contributed by atoms with van der Waals surface area (Å²) in [6.45, 7) is 4.83. The molecule has 6 nitrogen and oxygen atoms in total. The van der Waals surface area contributed by atoms with Gasteiger partial charge in [-0.2, -0.15) is 0 Å². The standard InChI is InChI=1S/C19H22N2O4/c1-12-11-17(25-13(12)2)18(23)20-15-5-3-14(4-6-15)19(24)21-9-7-16(22)8-10-21/h3-6,11,16,22H,7-10H2,1-2H3,(H,20,23). The lowest BCUT2D eigenvalue weighted by atomic mass is 10.1. The van der Waals surface area contributed by atoms with Gasteiger partial charge in [0.05, 0.1) is 6.10 Å². The number of likely N-dealkylation sites (tertiary alicyclic amines) is 1. The molecule has 2 aromatic rings. The second-order valence-electron chi connectivity index (χ2n) is 6.40. The molecule has 1 aliphatic rings. The summed E-state index contributed by atoms with van der Waals surface area (Å²) in [6, 6.07) is 8.50. The first-order valence-electron chi connectivity index (χ1n) is 8.40. The first-order valence-corrected chi connectivity index (χ1v) is 8.40. The Morgan fingerprint density at radius 2 is 1.80 bits per heavy atom. The lowest BCUT2D eigenvalue weighted by Gasteiger charge is -2.29. The van der Waals surface area contributed by atoms with Gasteiger partial charge < -0.3 is 19.7 Å². The molecule has 2 heterocycles. The minimum Gasteiger partial charge on any atom is -0.456 e. The van der Waals surface area contributed by atoms with Gasteiger partial charge in [0.2, 0.25) is 0 Å². The van der Waals surface area contributed by atoms with E-state index < -0.39 is 0 Å². The van der Waals surface area contributed by atoms with Crippen LogP contribution >= 0.6 is 0 Å². The monoisotopic (exact) mass is 342 g/mol. The summed E-state index contributed by atoms with van der Waals surface area (Å²) in [7, 11) is 0. The molecule has 0 unspecified atom stereocenters. The van der Waals surface area contributed by atoms with Crippen LogP contribution in [0.4, 0.5) is 5.69 Å². The molecule has 1 aromatic heterocycles. The van der Waals surface area contributed by atoms with Gasteiger partial charge in [-0.1, -0.05) is 0 Å². The first-order chi connectivity index (χ1) is 11.9. The van der Waals surface area contributed by atoms with E-state index in [1.165, 1.54) is 0 Å². The van der Waals surface area contributed by atoms with Gasteiger partial charge in [-0.3, -0.25) is 9.59 Å². The van der Waals surface area contributed by atoms with E-state index in [2.05, 4.69) is 5.32 Å². The van der Waals surface area contributed by atoms with E-state index in [-0.39, 0.29) is 23.7 Å². The molecule has 2 N–H and O–H groups in total. The summed E-state index contributed by atoms with van der Waals surface area (Å²) in [5.41, 5.74) is 2.10. The van der Waals surface area contributed by atoms with E-state index in [1.807, 2.05) is 13.8 Å². The summed E-state index contributed by atoms with van der Waals surface area (Å²) in [4.78, 5) is 26.4. The maximum Gasteiger partial charge on any atom is 0.291 e. The van der Waals surface area contributed by atoms with Crippen LogP contribution in [-0.4, -0.2) is 41.0 Å². The topological polar surface area (TPSA) is 82.8 Å². The molecule has 0 spiro atoms. The van der Waals surface area contributed by atoms with Crippen molar-refractivity contribution in [1.82, 2.24) is 4.90 Å². The Morgan fingerprint density at radius 3 is 2.36 bits per heavy atom. The number of aliphatic hydroxyl groups is 1. The first kappa shape index (κ1) is 17.2. The zero-order valence-corrected chi connectivity index (χ0v) is 14.4. The molecular formula is C19H22N2O4. The highest BCUT2D eigenvalue weighted by atomic mass is 16.3. The van der Waals surface area contributed by atoms with Crippen molar-refractivity contribution >= 4 is 17.5 Å². The quantitative estimate of drug-likeness (QED) is 0.898. The molecule has 0 aliphatic carbocycles. The van der Waals surface area contributed by atoms with E-state index in [9.17, 15) is 14.7 Å². The van der Waals surface area contributed by atoms with Crippen molar-refractivity contribution in [3.63, 3.8) is 0 Å². The van der Waals surface area contributed by atoms with Crippen LogP contribution < -0.4 is 5.32 Å². The van der Waals surface area contributed by atoms with E-state index in [0.29, 0.717) is 37.2 Å². The molecule has 132 valence electrons. The fourth-order valence-electron chi connectivity index (χ4n) is 2.83. The highest BCUT2D eigenvalue weighted by Gasteiger charge is 2.22. The molecule has 1 fully saturated rings. The van der Waals surface area contributed by atoms with Crippen molar-refractivity contribution in [2.75, 3.05) is 18.4 Å². The Balaban J connectivity index is 1.63. The number of hydrogen-bond acceptors (Lipinski definition) is 4. The Hall–Kier alpha value is -2.60. The number of nitrogens with one attached hydrogen (secondary N) is 1. The molecule has 0 radical (unpaired) electrons. The van der Waals surface area contributed by atoms with Gasteiger partial charge in [0.25, 0.3) is 11.8 Å². The molecule has 6 heteroatoms. The van der Waals surface area contributed by atoms with Crippen LogP contribution in [0.15, 0.2) is 34.7 Å². The van der Waals surface area contributed by atoms with Gasteiger partial charge in [0.15, 0.2) is 5.76 Å². The number of anilines is 1. The number of carbonyl (C=O) groups is 2. The number of nitrogens with zero attached hydrogens (tertiary/aromatic N) is 1. The minimum absolute atomic E-state index is 0.0536. The molecular weight excluding hydrogens is 320 g/mol. The maximum absolute atomic E-state index is 12.4. The van der Waals surface area contributed by atoms with Gasteiger partial charge in [-0.25, -0.2) is 0 Å². The summed E-state index contributed by atoms with van der Waals surface area (Å²) in [6.07, 6.45) is 0.916. The average molecular weight is 342 g/mol. The normalized spacial score (nSPS) is 15.2. The van der Waals surface area contributed by atoms with Gasteiger partial charge in [-0.05, 0) is 62.6 Å². The molecule has 3 rings (SSSR count). The van der Waals surface area contributed by atoms with Crippen molar-refractivity contribution in [3.8, 4) is 0 Å². The molecule has 2 amide bonds. The van der Waals surface area contributed by atoms with Crippen molar-refractivity contribution in [3.05, 3.63) is 53.0 Å². The van der Waals surface area contributed by atoms with Crippen molar-refractivity contribution < 1.29 is 19.1 Å². The van der Waals surface area contributed by atoms with E-state index >= 15 is 0 Å². The Kier molecular flexibility index (Phi) is 4.90. The SMILES string of the molecule is Cc1cc(C(=O)Nc2ccc(C(=O)N3CCC(O)CC3)cc2)oc1C. The number of hydrogen-bond donors (Lipinski definition) is 2. The predicted molar refractivity (Wildman–Crippen MR) is 93.7 cm³/mol. The molecule has 0 bridgehead atoms. The van der Waals surface area contributed by atoms with E-state index in [4.69, 9.17) is 4.42 Å². The number of aliphatic hydroxyl groups excluding tert-OH is 1. The largest absolute Gasteiger partial charge is 0.456 e. The molecule has 1 saturated heterocycles. The summed E-state index contributed by atoms with van der Waals surface area (Å²) < 4.78 is 5.40. The van der Waals surface area contributed by atoms with Gasteiger partial charge in [-0.15, -0.1) is 0 Å². The van der Waals surface area contributed by atoms with Crippen LogP contribution in [-0.2, 0) is 0 Å². The smallest absolute Gasteiger partial charge is 0.291 e. The Morgan fingerprint density at radius 1 is 1.16 bits per heavy atom. The van der Waals surface area contributed by atoms with Crippen molar-refractivity contribution in [2.24, 2.45) is 0 Å². The van der Waals surface area contributed by atoms with Crippen LogP contribution in [0.25, 0.3) is 0 Å². The summed E-state index contributed by atoms with van der Waals surface area (Å²) >= 11 is 0. The molecule has 1 aliphatic heterocycles. The number of aryl methyl sites for hydroxylation is 2. The van der Waals surface area contributed by atoms with Crippen LogP contribution in [0.2, 0.25) is 0 Å². The highest BCUT2D eigenvalue weighted by Crippen LogP contribution is 2.18. The van der Waals surface area contributed by atoms with Crippen LogP contribution in [0, 0.1) is 13.8 Å². The number of rotatable bonds is 3. The van der Waals surface area contributed by atoms with Crippen LogP contribution in [0.3, 0.4) is 0 Å². The minimum atomic E-state index is -0.319. The Labute approximate surface area is 146 Å². The second-order valence-corrected chi connectivity index (χ2v) is 6.40. The lowest BCUT2D eigenvalue weighted by Crippen LogP contribution is -2.40. The van der Waals surface area contributed by atoms with Gasteiger partial charge in [0, 0.05) is 24.3 Å². The van der Waals surface area contributed by atoms with Gasteiger partial charge in [0.1, 0.15) is 5.76 Å². The van der Waals surface area contributed by atoms with Crippen LogP contribution in [0.5, 0.6) is 0 Å². The fraction of sp³-hybridized carbons (Fsp3) is 0.368. The van der Waals surface area contributed by atoms with Crippen molar-refractivity contribution in [1.29, 1.82) is 0 Å². The van der Waals surface area contributed by atoms with Gasteiger partial charge >= 0.3 is 0 Å². The number of carbonyl (C=O) groups excluding carboxylic acids is 2. The summed E-state index contributed by atoms with van der Waals surface area (Å²) in [5.74, 6) is 0.613. The maximum atomic E-state index is 12.4. The predicted octanol–water partition coefficient (Wildman–Crippen LogP) is 2.75. The molecule has 0 atom stereocenters. The highest BCUT2D eigenvalue weighted by molar-refractivity contribution is 6.03. The molecule has 1 aromatic carbocycles. The number of benzene rings is 1. The second kappa shape index (κ2) is 7.11. The zero-order chi connectivity index (χ0) is 18.0. The summed E-state index contributed by atoms with van der Waals surface area (Å²) in [5, 5.41) is 12.3. The third-order valence-electron chi connectivity index (χ3n) is 4.53. The molecule has 0 saturated carbocycles. The third-order valence-corrected chi connectivity index (χ3v) is 4.53. The van der Waals surface area contributed by atoms with Crippen LogP contribution in [0.1, 0.15) is 45.1 Å². The van der Waals surface area contributed by atoms with E-state index in [0.717, 1.165) is 11.3 Å². The zero-order valence-electron chi connectivity index (χ0n) is 14.4. The Bertz CT molecular complexity index is 752. The average Bonchev–Trinajstić information content (AvgIpc) is 2.95. The number of amides is 2. The fourth-order valence-corrected chi connectivity index (χ4v) is 2.83. The van der Waals surface area contributed by atoms with E-state index in [1.54, 1.807) is 35.2 Å². The lowest BCUT2D eigenvalue weighted by molar-refractivity contribution is 0.0546. The number of furan rings is 1. The third kappa shape index (κ3) is 3.91. The van der Waals surface area contributed by atoms with Crippen molar-refractivity contribution in [2.45, 2.75) is 32.8 Å². The number of piperidine rings is 1.